The van der Waals surface area contributed by atoms with Crippen LogP contribution in [0, 0.1) is 5.92 Å². The molecule has 0 aromatic heterocycles. The van der Waals surface area contributed by atoms with Crippen LogP contribution in [0.4, 0.5) is 13.2 Å². The molecular formula is C15H28F3N3O. The molecule has 1 aliphatic heterocycles. The molecular weight excluding hydrogens is 295 g/mol. The molecule has 0 bridgehead atoms. The van der Waals surface area contributed by atoms with Crippen molar-refractivity contribution >= 4 is 5.91 Å². The van der Waals surface area contributed by atoms with Gasteiger partial charge in [-0.15, -0.1) is 0 Å². The third-order valence-corrected chi connectivity index (χ3v) is 4.16. The molecule has 1 fully saturated rings. The van der Waals surface area contributed by atoms with Crippen molar-refractivity contribution in [3.63, 3.8) is 0 Å². The van der Waals surface area contributed by atoms with Crippen LogP contribution in [0.1, 0.15) is 33.1 Å². The smallest absolute Gasteiger partial charge is 0.330 e. The first-order valence-corrected chi connectivity index (χ1v) is 7.96. The van der Waals surface area contributed by atoms with Gasteiger partial charge >= 0.3 is 6.18 Å². The number of rotatable bonds is 7. The van der Waals surface area contributed by atoms with Crippen molar-refractivity contribution in [3.05, 3.63) is 0 Å². The molecule has 1 rings (SSSR count). The van der Waals surface area contributed by atoms with E-state index >= 15 is 0 Å². The summed E-state index contributed by atoms with van der Waals surface area (Å²) in [5, 5.41) is 3.13. The predicted octanol–water partition coefficient (Wildman–Crippen LogP) is 2.11. The van der Waals surface area contributed by atoms with Crippen LogP contribution >= 0.6 is 0 Å². The molecule has 0 spiro atoms. The summed E-state index contributed by atoms with van der Waals surface area (Å²) in [5.74, 6) is 0.219. The molecule has 0 saturated carbocycles. The van der Waals surface area contributed by atoms with Crippen LogP contribution < -0.4 is 5.32 Å². The van der Waals surface area contributed by atoms with Gasteiger partial charge in [0.05, 0.1) is 6.54 Å². The van der Waals surface area contributed by atoms with E-state index in [2.05, 4.69) is 5.32 Å². The van der Waals surface area contributed by atoms with Crippen molar-refractivity contribution in [3.8, 4) is 0 Å². The lowest BCUT2D eigenvalue weighted by Gasteiger charge is -2.34. The molecule has 0 aliphatic carbocycles. The van der Waals surface area contributed by atoms with Crippen LogP contribution in [0.5, 0.6) is 0 Å². The van der Waals surface area contributed by atoms with E-state index < -0.39 is 24.7 Å². The van der Waals surface area contributed by atoms with Gasteiger partial charge in [0, 0.05) is 6.04 Å². The third kappa shape index (κ3) is 6.96. The summed E-state index contributed by atoms with van der Waals surface area (Å²) in [6, 6.07) is -0.442. The van der Waals surface area contributed by atoms with E-state index in [-0.39, 0.29) is 6.54 Å². The van der Waals surface area contributed by atoms with Gasteiger partial charge in [0.15, 0.2) is 0 Å². The molecule has 7 heteroatoms. The van der Waals surface area contributed by atoms with Crippen molar-refractivity contribution in [2.75, 3.05) is 39.8 Å². The number of likely N-dealkylation sites (tertiary alicyclic amines) is 1. The first-order chi connectivity index (χ1) is 10.2. The Labute approximate surface area is 131 Å². The molecule has 0 atom stereocenters. The Bertz CT molecular complexity index is 339. The van der Waals surface area contributed by atoms with Gasteiger partial charge in [-0.2, -0.15) is 13.2 Å². The highest BCUT2D eigenvalue weighted by atomic mass is 19.4. The summed E-state index contributed by atoms with van der Waals surface area (Å²) in [7, 11) is 1.93. The zero-order valence-electron chi connectivity index (χ0n) is 13.7. The molecule has 1 saturated heterocycles. The maximum atomic E-state index is 12.6. The Morgan fingerprint density at radius 1 is 1.32 bits per heavy atom. The number of carbonyl (C=O) groups excluding carboxylic acids is 1. The third-order valence-electron chi connectivity index (χ3n) is 4.16. The fourth-order valence-electron chi connectivity index (χ4n) is 2.82. The Kier molecular flexibility index (Phi) is 7.62. The molecule has 1 N–H and O–H groups in total. The lowest BCUT2D eigenvalue weighted by atomic mass is 9.93. The van der Waals surface area contributed by atoms with E-state index in [1.165, 1.54) is 0 Å². The van der Waals surface area contributed by atoms with Crippen LogP contribution in [-0.2, 0) is 4.79 Å². The number of hydrogen-bond acceptors (Lipinski definition) is 3. The Morgan fingerprint density at radius 2 is 1.91 bits per heavy atom. The minimum Gasteiger partial charge on any atom is -0.330 e. The number of piperidine rings is 1. The minimum absolute atomic E-state index is 0.0903. The minimum atomic E-state index is -4.35. The molecule has 1 aliphatic rings. The van der Waals surface area contributed by atoms with E-state index in [1.807, 2.05) is 11.9 Å². The zero-order chi connectivity index (χ0) is 16.8. The predicted molar refractivity (Wildman–Crippen MR) is 80.6 cm³/mol. The number of alkyl halides is 3. The second-order valence-electron chi connectivity index (χ2n) is 6.34. The second-order valence-corrected chi connectivity index (χ2v) is 6.34. The summed E-state index contributed by atoms with van der Waals surface area (Å²) >= 11 is 0. The van der Waals surface area contributed by atoms with Crippen molar-refractivity contribution in [2.24, 2.45) is 5.92 Å². The van der Waals surface area contributed by atoms with Crippen molar-refractivity contribution in [2.45, 2.75) is 45.3 Å². The number of carbonyl (C=O) groups is 1. The van der Waals surface area contributed by atoms with Crippen LogP contribution in [0.3, 0.4) is 0 Å². The first-order valence-electron chi connectivity index (χ1n) is 7.96. The van der Waals surface area contributed by atoms with E-state index in [0.29, 0.717) is 5.92 Å². The fraction of sp³-hybridized carbons (Fsp3) is 0.933. The van der Waals surface area contributed by atoms with Crippen molar-refractivity contribution in [1.82, 2.24) is 15.1 Å². The van der Waals surface area contributed by atoms with Gasteiger partial charge in [-0.05, 0) is 65.7 Å². The second kappa shape index (κ2) is 8.72. The van der Waals surface area contributed by atoms with Crippen LogP contribution in [0.15, 0.2) is 0 Å². The topological polar surface area (TPSA) is 35.6 Å². The molecule has 0 aromatic carbocycles. The molecule has 1 heterocycles. The van der Waals surface area contributed by atoms with Gasteiger partial charge in [0.1, 0.15) is 6.54 Å². The molecule has 4 nitrogen and oxygen atoms in total. The average molecular weight is 323 g/mol. The SMILES string of the molecule is CNCCC1CCN(CC(=O)N(CC(F)(F)F)C(C)C)CC1. The molecule has 22 heavy (non-hydrogen) atoms. The Hall–Kier alpha value is -0.820. The lowest BCUT2D eigenvalue weighted by Crippen LogP contribution is -2.49. The van der Waals surface area contributed by atoms with Gasteiger partial charge in [0.25, 0.3) is 0 Å². The monoisotopic (exact) mass is 323 g/mol. The molecule has 1 amide bonds. The summed E-state index contributed by atoms with van der Waals surface area (Å²) < 4.78 is 37.7. The summed E-state index contributed by atoms with van der Waals surface area (Å²) in [4.78, 5) is 15.1. The van der Waals surface area contributed by atoms with Crippen molar-refractivity contribution in [1.29, 1.82) is 0 Å². The van der Waals surface area contributed by atoms with Crippen LogP contribution in [0.2, 0.25) is 0 Å². The largest absolute Gasteiger partial charge is 0.406 e. The highest BCUT2D eigenvalue weighted by molar-refractivity contribution is 5.78. The lowest BCUT2D eigenvalue weighted by molar-refractivity contribution is -0.165. The molecule has 130 valence electrons. The molecule has 0 aromatic rings. The number of halogens is 3. The van der Waals surface area contributed by atoms with Gasteiger partial charge < -0.3 is 10.2 Å². The van der Waals surface area contributed by atoms with E-state index in [9.17, 15) is 18.0 Å². The highest BCUT2D eigenvalue weighted by Gasteiger charge is 2.34. The van der Waals surface area contributed by atoms with Gasteiger partial charge in [-0.3, -0.25) is 9.69 Å². The standard InChI is InChI=1S/C15H28F3N3O/c1-12(2)21(11-15(16,17)18)14(22)10-20-8-5-13(6-9-20)4-7-19-3/h12-13,19H,4-11H2,1-3H3. The normalized spacial score (nSPS) is 18.0. The molecule has 0 radical (unpaired) electrons. The Balaban J connectivity index is 2.43. The summed E-state index contributed by atoms with van der Waals surface area (Å²) in [6.45, 7) is 4.73. The first kappa shape index (κ1) is 19.2. The van der Waals surface area contributed by atoms with E-state index in [0.717, 1.165) is 43.8 Å². The number of amides is 1. The van der Waals surface area contributed by atoms with Crippen LogP contribution in [0.25, 0.3) is 0 Å². The van der Waals surface area contributed by atoms with Gasteiger partial charge in [-0.1, -0.05) is 0 Å². The molecule has 0 unspecified atom stereocenters. The maximum absolute atomic E-state index is 12.6. The summed E-state index contributed by atoms with van der Waals surface area (Å²) in [5.41, 5.74) is 0. The maximum Gasteiger partial charge on any atom is 0.406 e. The average Bonchev–Trinajstić information content (AvgIpc) is 2.42. The fourth-order valence-corrected chi connectivity index (χ4v) is 2.82. The van der Waals surface area contributed by atoms with E-state index in [4.69, 9.17) is 0 Å². The van der Waals surface area contributed by atoms with Gasteiger partial charge in [-0.25, -0.2) is 0 Å². The highest BCUT2D eigenvalue weighted by Crippen LogP contribution is 2.21. The zero-order valence-corrected chi connectivity index (χ0v) is 13.7. The van der Waals surface area contributed by atoms with Gasteiger partial charge in [0.2, 0.25) is 5.91 Å². The quantitative estimate of drug-likeness (QED) is 0.779. The van der Waals surface area contributed by atoms with Crippen LogP contribution in [-0.4, -0.2) is 67.7 Å². The number of nitrogens with one attached hydrogen (secondary N) is 1. The summed E-state index contributed by atoms with van der Waals surface area (Å²) in [6.07, 6.45) is -1.21. The number of nitrogens with zero attached hydrogens (tertiary/aromatic N) is 2. The van der Waals surface area contributed by atoms with E-state index in [1.54, 1.807) is 13.8 Å². The Morgan fingerprint density at radius 3 is 2.36 bits per heavy atom. The van der Waals surface area contributed by atoms with Crippen molar-refractivity contribution < 1.29 is 18.0 Å². The number of hydrogen-bond donors (Lipinski definition) is 1.